The van der Waals surface area contributed by atoms with E-state index in [2.05, 4.69) is 10.1 Å². The van der Waals surface area contributed by atoms with Gasteiger partial charge in [-0.1, -0.05) is 30.3 Å². The van der Waals surface area contributed by atoms with Crippen molar-refractivity contribution in [2.45, 2.75) is 45.7 Å². The minimum atomic E-state index is -0.971. The van der Waals surface area contributed by atoms with Crippen LogP contribution in [0.1, 0.15) is 40.2 Å². The smallest absolute Gasteiger partial charge is 0.251 e. The molecule has 0 radical (unpaired) electrons. The van der Waals surface area contributed by atoms with Crippen LogP contribution in [-0.2, 0) is 19.9 Å². The van der Waals surface area contributed by atoms with Gasteiger partial charge in [-0.15, -0.1) is 0 Å². The van der Waals surface area contributed by atoms with E-state index in [1.165, 1.54) is 0 Å². The standard InChI is InChI=1S/C17H25N3O3.C2H6O/c1-15(2,13(21)19-23)16(3,4)20-11-18-17(5,14(20)22)12-9-7-6-8-10-12;1-3-2/h6-10,18,23H,11H2,1-5H3,(H,19,21);1-2H3. The molecule has 0 spiro atoms. The van der Waals surface area contributed by atoms with Gasteiger partial charge in [-0.3, -0.25) is 20.1 Å². The summed E-state index contributed by atoms with van der Waals surface area (Å²) in [7, 11) is 3.25. The van der Waals surface area contributed by atoms with Crippen molar-refractivity contribution in [3.63, 3.8) is 0 Å². The molecule has 0 bridgehead atoms. The lowest BCUT2D eigenvalue weighted by atomic mass is 9.72. The van der Waals surface area contributed by atoms with Gasteiger partial charge in [0.1, 0.15) is 5.54 Å². The maximum absolute atomic E-state index is 13.1. The van der Waals surface area contributed by atoms with Crippen molar-refractivity contribution >= 4 is 11.8 Å². The number of carbonyl (C=O) groups is 2. The molecule has 1 heterocycles. The van der Waals surface area contributed by atoms with Crippen molar-refractivity contribution in [1.29, 1.82) is 0 Å². The summed E-state index contributed by atoms with van der Waals surface area (Å²) in [6.07, 6.45) is 0. The third-order valence-corrected chi connectivity index (χ3v) is 5.49. The second kappa shape index (κ2) is 8.16. The first-order valence-electron chi connectivity index (χ1n) is 8.48. The Hall–Kier alpha value is -1.96. The van der Waals surface area contributed by atoms with Crippen LogP contribution < -0.4 is 10.8 Å². The first-order chi connectivity index (χ1) is 12.0. The number of nitrogens with one attached hydrogen (secondary N) is 2. The number of ether oxygens (including phenoxy) is 1. The van der Waals surface area contributed by atoms with E-state index in [0.29, 0.717) is 6.67 Å². The highest BCUT2D eigenvalue weighted by molar-refractivity contribution is 5.91. The number of carbonyl (C=O) groups excluding carboxylic acids is 2. The molecule has 2 amide bonds. The van der Waals surface area contributed by atoms with Gasteiger partial charge < -0.3 is 9.64 Å². The summed E-state index contributed by atoms with van der Waals surface area (Å²) in [5.41, 5.74) is -0.00857. The molecule has 0 aliphatic carbocycles. The zero-order valence-corrected chi connectivity index (χ0v) is 16.7. The Balaban J connectivity index is 0.00000105. The predicted molar refractivity (Wildman–Crippen MR) is 99.4 cm³/mol. The van der Waals surface area contributed by atoms with E-state index in [9.17, 15) is 9.59 Å². The van der Waals surface area contributed by atoms with Crippen molar-refractivity contribution in [2.24, 2.45) is 5.41 Å². The Kier molecular flexibility index (Phi) is 6.93. The van der Waals surface area contributed by atoms with E-state index < -0.39 is 22.4 Å². The SMILES string of the molecule is CC1(c2ccccc2)NCN(C(C)(C)C(C)(C)C(=O)NO)C1=O.COC. The highest BCUT2D eigenvalue weighted by Gasteiger charge is 2.55. The third kappa shape index (κ3) is 3.75. The molecule has 1 aliphatic heterocycles. The summed E-state index contributed by atoms with van der Waals surface area (Å²) in [6, 6.07) is 9.52. The quantitative estimate of drug-likeness (QED) is 0.560. The molecular formula is C19H31N3O4. The van der Waals surface area contributed by atoms with Gasteiger partial charge in [0.05, 0.1) is 17.6 Å². The van der Waals surface area contributed by atoms with Gasteiger partial charge in [-0.25, -0.2) is 5.48 Å². The molecule has 0 aromatic heterocycles. The molecule has 1 fully saturated rings. The second-order valence-electron chi connectivity index (χ2n) is 7.59. The molecule has 1 aromatic carbocycles. The Labute approximate surface area is 155 Å². The number of nitrogens with zero attached hydrogens (tertiary/aromatic N) is 1. The number of amides is 2. The molecule has 0 saturated carbocycles. The molecule has 7 heteroatoms. The highest BCUT2D eigenvalue weighted by Crippen LogP contribution is 2.40. The number of methoxy groups -OCH3 is 1. The van der Waals surface area contributed by atoms with Crippen LogP contribution in [0, 0.1) is 5.41 Å². The monoisotopic (exact) mass is 365 g/mol. The summed E-state index contributed by atoms with van der Waals surface area (Å²) in [4.78, 5) is 26.8. The van der Waals surface area contributed by atoms with Crippen molar-refractivity contribution in [3.8, 4) is 0 Å². The van der Waals surface area contributed by atoms with E-state index in [4.69, 9.17) is 5.21 Å². The van der Waals surface area contributed by atoms with Gasteiger partial charge in [0.15, 0.2) is 0 Å². The van der Waals surface area contributed by atoms with Crippen LogP contribution in [0.5, 0.6) is 0 Å². The van der Waals surface area contributed by atoms with Gasteiger partial charge >= 0.3 is 0 Å². The maximum atomic E-state index is 13.1. The zero-order chi connectivity index (χ0) is 20.2. The van der Waals surface area contributed by atoms with E-state index in [1.807, 2.05) is 51.1 Å². The minimum absolute atomic E-state index is 0.0903. The summed E-state index contributed by atoms with van der Waals surface area (Å²) >= 11 is 0. The molecule has 7 nitrogen and oxygen atoms in total. The topological polar surface area (TPSA) is 90.9 Å². The first kappa shape index (κ1) is 22.1. The third-order valence-electron chi connectivity index (χ3n) is 5.49. The van der Waals surface area contributed by atoms with Gasteiger partial charge in [0, 0.05) is 14.2 Å². The van der Waals surface area contributed by atoms with Gasteiger partial charge in [-0.2, -0.15) is 0 Å². The molecule has 1 saturated heterocycles. The first-order valence-corrected chi connectivity index (χ1v) is 8.48. The lowest BCUT2D eigenvalue weighted by Gasteiger charge is -2.46. The molecule has 26 heavy (non-hydrogen) atoms. The molecular weight excluding hydrogens is 334 g/mol. The summed E-state index contributed by atoms with van der Waals surface area (Å²) in [5.74, 6) is -0.615. The van der Waals surface area contributed by atoms with Gasteiger partial charge in [0.2, 0.25) is 5.91 Å². The van der Waals surface area contributed by atoms with Crippen LogP contribution in [0.2, 0.25) is 0 Å². The molecule has 1 unspecified atom stereocenters. The second-order valence-corrected chi connectivity index (χ2v) is 7.59. The average molecular weight is 365 g/mol. The summed E-state index contributed by atoms with van der Waals surface area (Å²) < 4.78 is 4.25. The van der Waals surface area contributed by atoms with Crippen molar-refractivity contribution in [3.05, 3.63) is 35.9 Å². The van der Waals surface area contributed by atoms with Crippen LogP contribution in [0.25, 0.3) is 0 Å². The van der Waals surface area contributed by atoms with E-state index in [-0.39, 0.29) is 5.91 Å². The van der Waals surface area contributed by atoms with Crippen molar-refractivity contribution in [1.82, 2.24) is 15.7 Å². The summed E-state index contributed by atoms with van der Waals surface area (Å²) in [6.45, 7) is 9.27. The van der Waals surface area contributed by atoms with Gasteiger partial charge in [-0.05, 0) is 40.2 Å². The van der Waals surface area contributed by atoms with Crippen LogP contribution in [0.4, 0.5) is 0 Å². The fourth-order valence-electron chi connectivity index (χ4n) is 2.86. The van der Waals surface area contributed by atoms with E-state index in [0.717, 1.165) is 5.56 Å². The molecule has 1 aliphatic rings. The lowest BCUT2D eigenvalue weighted by Crippen LogP contribution is -2.60. The highest BCUT2D eigenvalue weighted by atomic mass is 16.5. The number of hydrogen-bond acceptors (Lipinski definition) is 5. The Morgan fingerprint density at radius 1 is 1.23 bits per heavy atom. The van der Waals surface area contributed by atoms with Crippen LogP contribution in [-0.4, -0.2) is 48.3 Å². The molecule has 1 atom stereocenters. The fourth-order valence-corrected chi connectivity index (χ4v) is 2.86. The van der Waals surface area contributed by atoms with Crippen LogP contribution in [0.15, 0.2) is 30.3 Å². The van der Waals surface area contributed by atoms with E-state index in [1.54, 1.807) is 38.4 Å². The van der Waals surface area contributed by atoms with Crippen molar-refractivity contribution < 1.29 is 19.5 Å². The van der Waals surface area contributed by atoms with E-state index >= 15 is 0 Å². The molecule has 3 N–H and O–H groups in total. The predicted octanol–water partition coefficient (Wildman–Crippen LogP) is 1.86. The average Bonchev–Trinajstić information content (AvgIpc) is 2.92. The number of hydroxylamine groups is 1. The number of rotatable bonds is 4. The number of hydrogen-bond donors (Lipinski definition) is 3. The normalized spacial score (nSPS) is 20.5. The molecule has 146 valence electrons. The van der Waals surface area contributed by atoms with Crippen LogP contribution >= 0.6 is 0 Å². The Morgan fingerprint density at radius 2 is 1.73 bits per heavy atom. The lowest BCUT2D eigenvalue weighted by molar-refractivity contribution is -0.152. The molecule has 2 rings (SSSR count). The minimum Gasteiger partial charge on any atom is -0.388 e. The van der Waals surface area contributed by atoms with Crippen LogP contribution in [0.3, 0.4) is 0 Å². The Bertz CT molecular complexity index is 631. The largest absolute Gasteiger partial charge is 0.388 e. The number of benzene rings is 1. The molecule has 1 aromatic rings. The maximum Gasteiger partial charge on any atom is 0.251 e. The Morgan fingerprint density at radius 3 is 2.19 bits per heavy atom. The fraction of sp³-hybridized carbons (Fsp3) is 0.579. The van der Waals surface area contributed by atoms with Crippen molar-refractivity contribution in [2.75, 3.05) is 20.9 Å². The summed E-state index contributed by atoms with van der Waals surface area (Å²) in [5, 5.41) is 12.3. The zero-order valence-electron chi connectivity index (χ0n) is 16.7. The van der Waals surface area contributed by atoms with Gasteiger partial charge in [0.25, 0.3) is 5.91 Å².